The highest BCUT2D eigenvalue weighted by Crippen LogP contribution is 2.41. The third-order valence-corrected chi connectivity index (χ3v) is 9.01. The maximum absolute atomic E-state index is 15.9. The predicted octanol–water partition coefficient (Wildman–Crippen LogP) is 5.46. The molecule has 2 amide bonds. The van der Waals surface area contributed by atoms with Crippen LogP contribution >= 0.6 is 0 Å². The lowest BCUT2D eigenvalue weighted by Gasteiger charge is -2.34. The summed E-state index contributed by atoms with van der Waals surface area (Å²) in [6.45, 7) is 6.78. The van der Waals surface area contributed by atoms with Gasteiger partial charge in [0.1, 0.15) is 30.0 Å². The van der Waals surface area contributed by atoms with Gasteiger partial charge in [-0.15, -0.1) is 0 Å². The highest BCUT2D eigenvalue weighted by molar-refractivity contribution is 5.90. The molecule has 1 saturated heterocycles. The van der Waals surface area contributed by atoms with Crippen LogP contribution in [0.4, 0.5) is 13.6 Å². The van der Waals surface area contributed by atoms with Crippen molar-refractivity contribution in [3.05, 3.63) is 36.0 Å². The Morgan fingerprint density at radius 3 is 2.59 bits per heavy atom. The molecular formula is C33H42F2N4O7. The number of rotatable bonds is 3. The number of hydrogen-bond donors (Lipinski definition) is 2. The number of alkyl carbamates (subject to hydrolysis) is 1. The number of aliphatic carboxylic acids is 1. The Bertz CT molecular complexity index is 1510. The van der Waals surface area contributed by atoms with Crippen LogP contribution in [0.3, 0.4) is 0 Å². The standard InChI is InChI=1S/C33H42F2N4O7/c1-6-20-24-17-39(25(20)30(41)42)29(40)27(32(2,3)4)38-31(43)46-23-15-18(23)11-9-7-8-10-14-33(34,35)26-28(45-24)37-22-16-19(44-5)12-13-21(22)36-26/h7,9,12-13,16,18,20,23-25,27H,6,8,10-11,14-15,17H2,1-5H3,(H,38,43)(H,41,42)/b9-7+/t18-,20-,23-,24+,25+,27-/m1/s1. The van der Waals surface area contributed by atoms with E-state index in [4.69, 9.17) is 14.2 Å². The lowest BCUT2D eigenvalue weighted by molar-refractivity contribution is -0.151. The van der Waals surface area contributed by atoms with Crippen molar-refractivity contribution in [1.82, 2.24) is 20.2 Å². The van der Waals surface area contributed by atoms with Crippen LogP contribution in [0.5, 0.6) is 11.6 Å². The molecule has 2 aromatic rings. The fraction of sp³-hybridized carbons (Fsp3) is 0.606. The van der Waals surface area contributed by atoms with Gasteiger partial charge in [-0.25, -0.2) is 19.6 Å². The van der Waals surface area contributed by atoms with Crippen molar-refractivity contribution in [1.29, 1.82) is 0 Å². The Labute approximate surface area is 266 Å². The van der Waals surface area contributed by atoms with Crippen LogP contribution < -0.4 is 14.8 Å². The van der Waals surface area contributed by atoms with Crippen LogP contribution in [0.2, 0.25) is 0 Å². The number of aromatic nitrogens is 2. The van der Waals surface area contributed by atoms with Gasteiger partial charge in [0, 0.05) is 24.3 Å². The van der Waals surface area contributed by atoms with Crippen LogP contribution in [0, 0.1) is 17.3 Å². The predicted molar refractivity (Wildman–Crippen MR) is 164 cm³/mol. The van der Waals surface area contributed by atoms with Gasteiger partial charge in [0.25, 0.3) is 5.92 Å². The van der Waals surface area contributed by atoms with Crippen molar-refractivity contribution in [3.63, 3.8) is 0 Å². The Morgan fingerprint density at radius 1 is 1.15 bits per heavy atom. The van der Waals surface area contributed by atoms with Gasteiger partial charge in [-0.05, 0) is 49.7 Å². The Morgan fingerprint density at radius 2 is 1.91 bits per heavy atom. The first kappa shape index (κ1) is 33.3. The minimum atomic E-state index is -3.41. The smallest absolute Gasteiger partial charge is 0.408 e. The minimum Gasteiger partial charge on any atom is -0.497 e. The van der Waals surface area contributed by atoms with Crippen molar-refractivity contribution in [2.45, 2.75) is 96.4 Å². The molecular weight excluding hydrogens is 602 g/mol. The molecule has 46 heavy (non-hydrogen) atoms. The zero-order valence-corrected chi connectivity index (χ0v) is 26.8. The number of nitrogens with one attached hydrogen (secondary N) is 1. The maximum atomic E-state index is 15.9. The molecule has 3 aliphatic rings. The van der Waals surface area contributed by atoms with Gasteiger partial charge in [-0.2, -0.15) is 8.78 Å². The summed E-state index contributed by atoms with van der Waals surface area (Å²) in [5.74, 6) is -5.97. The molecule has 1 saturated carbocycles. The second kappa shape index (κ2) is 13.0. The molecule has 13 heteroatoms. The summed E-state index contributed by atoms with van der Waals surface area (Å²) in [4.78, 5) is 49.6. The molecule has 2 N–H and O–H groups in total. The molecule has 2 fully saturated rings. The average molecular weight is 645 g/mol. The van der Waals surface area contributed by atoms with E-state index >= 15 is 8.78 Å². The normalized spacial score (nSPS) is 29.4. The first-order valence-corrected chi connectivity index (χ1v) is 15.8. The third kappa shape index (κ3) is 7.02. The maximum Gasteiger partial charge on any atom is 0.408 e. The van der Waals surface area contributed by atoms with Crippen molar-refractivity contribution in [2.24, 2.45) is 17.3 Å². The molecule has 1 aliphatic carbocycles. The van der Waals surface area contributed by atoms with E-state index in [-0.39, 0.29) is 42.4 Å². The number of alkyl halides is 2. The Balaban J connectivity index is 1.58. The highest BCUT2D eigenvalue weighted by atomic mass is 19.3. The molecule has 1 aromatic carbocycles. The van der Waals surface area contributed by atoms with E-state index in [0.29, 0.717) is 25.0 Å². The lowest BCUT2D eigenvalue weighted by atomic mass is 9.85. The number of methoxy groups -OCH3 is 1. The summed E-state index contributed by atoms with van der Waals surface area (Å²) in [6.07, 6.45) is 3.28. The molecule has 250 valence electrons. The fourth-order valence-electron chi connectivity index (χ4n) is 6.31. The Hall–Kier alpha value is -4.03. The zero-order valence-electron chi connectivity index (χ0n) is 26.8. The number of carboxylic acid groups (broad SMARTS) is 1. The van der Waals surface area contributed by atoms with Gasteiger partial charge in [0.2, 0.25) is 11.8 Å². The van der Waals surface area contributed by atoms with Gasteiger partial charge in [0.05, 0.1) is 24.7 Å². The van der Waals surface area contributed by atoms with Gasteiger partial charge in [-0.3, -0.25) is 4.79 Å². The molecule has 3 heterocycles. The average Bonchev–Trinajstić information content (AvgIpc) is 3.61. The number of carbonyl (C=O) groups excluding carboxylic acids is 2. The van der Waals surface area contributed by atoms with E-state index < -0.39 is 71.4 Å². The first-order valence-electron chi connectivity index (χ1n) is 15.8. The van der Waals surface area contributed by atoms with Gasteiger partial charge in [-0.1, -0.05) is 39.8 Å². The van der Waals surface area contributed by atoms with E-state index in [1.165, 1.54) is 7.11 Å². The number of nitrogens with zero attached hydrogens (tertiary/aromatic N) is 3. The number of benzene rings is 1. The molecule has 0 spiro atoms. The van der Waals surface area contributed by atoms with E-state index in [1.807, 2.05) is 12.2 Å². The zero-order chi connectivity index (χ0) is 33.4. The molecule has 2 bridgehead atoms. The van der Waals surface area contributed by atoms with Crippen molar-refractivity contribution >= 4 is 29.0 Å². The topological polar surface area (TPSA) is 140 Å². The largest absolute Gasteiger partial charge is 0.497 e. The van der Waals surface area contributed by atoms with Gasteiger partial charge < -0.3 is 29.5 Å². The SMILES string of the molecule is CC[C@@H]1[C@@H]2CN(C(=O)[C@H](C(C)(C)C)NC(=O)O[C@@H]3C[C@H]3C/C=C/CCCC(F)(F)c3nc4ccc(OC)cc4nc3O2)[C@@H]1C(=O)O. The second-order valence-electron chi connectivity index (χ2n) is 13.4. The molecule has 1 aromatic heterocycles. The molecule has 0 radical (unpaired) electrons. The number of carbonyl (C=O) groups is 3. The van der Waals surface area contributed by atoms with Crippen LogP contribution in [0.15, 0.2) is 30.4 Å². The summed E-state index contributed by atoms with van der Waals surface area (Å²) in [5, 5.41) is 13.0. The quantitative estimate of drug-likeness (QED) is 0.417. The summed E-state index contributed by atoms with van der Waals surface area (Å²) < 4.78 is 48.9. The molecule has 0 unspecified atom stereocenters. The van der Waals surface area contributed by atoms with Crippen molar-refractivity contribution in [2.75, 3.05) is 13.7 Å². The van der Waals surface area contributed by atoms with Crippen LogP contribution in [0.25, 0.3) is 11.0 Å². The number of carboxylic acids is 1. The highest BCUT2D eigenvalue weighted by Gasteiger charge is 2.52. The molecule has 11 nitrogen and oxygen atoms in total. The molecule has 6 atom stereocenters. The lowest BCUT2D eigenvalue weighted by Crippen LogP contribution is -2.57. The van der Waals surface area contributed by atoms with E-state index in [0.717, 1.165) is 4.90 Å². The van der Waals surface area contributed by atoms with E-state index in [9.17, 15) is 19.5 Å². The van der Waals surface area contributed by atoms with Crippen LogP contribution in [-0.4, -0.2) is 75.9 Å². The number of hydrogen-bond acceptors (Lipinski definition) is 8. The van der Waals surface area contributed by atoms with Crippen LogP contribution in [-0.2, 0) is 20.2 Å². The van der Waals surface area contributed by atoms with Crippen LogP contribution in [0.1, 0.15) is 71.9 Å². The van der Waals surface area contributed by atoms with Crippen molar-refractivity contribution in [3.8, 4) is 11.6 Å². The van der Waals surface area contributed by atoms with Gasteiger partial charge in [0.15, 0.2) is 5.69 Å². The number of amides is 2. The third-order valence-electron chi connectivity index (χ3n) is 9.01. The Kier molecular flexibility index (Phi) is 9.42. The number of allylic oxidation sites excluding steroid dienone is 2. The fourth-order valence-corrected chi connectivity index (χ4v) is 6.31. The summed E-state index contributed by atoms with van der Waals surface area (Å²) >= 11 is 0. The number of fused-ring (bicyclic) bond motifs is 5. The summed E-state index contributed by atoms with van der Waals surface area (Å²) in [6, 6.07) is 2.23. The molecule has 2 aliphatic heterocycles. The van der Waals surface area contributed by atoms with Gasteiger partial charge >= 0.3 is 12.1 Å². The number of halogens is 2. The molecule has 5 rings (SSSR count). The van der Waals surface area contributed by atoms with Crippen molar-refractivity contribution < 1.29 is 42.5 Å². The minimum absolute atomic E-state index is 0.102. The summed E-state index contributed by atoms with van der Waals surface area (Å²) in [7, 11) is 1.47. The van der Waals surface area contributed by atoms with E-state index in [2.05, 4.69) is 15.3 Å². The first-order chi connectivity index (χ1) is 21.7. The summed E-state index contributed by atoms with van der Waals surface area (Å²) in [5.41, 5.74) is -0.983. The monoisotopic (exact) mass is 644 g/mol. The second-order valence-corrected chi connectivity index (χ2v) is 13.4. The van der Waals surface area contributed by atoms with E-state index in [1.54, 1.807) is 45.9 Å². The number of ether oxygens (including phenoxy) is 3.